The van der Waals surface area contributed by atoms with Gasteiger partial charge in [-0.15, -0.1) is 0 Å². The highest BCUT2D eigenvalue weighted by Crippen LogP contribution is 2.26. The molecule has 0 spiro atoms. The fourth-order valence-electron chi connectivity index (χ4n) is 1.11. The molecule has 0 aliphatic rings. The first-order valence-corrected chi connectivity index (χ1v) is 5.96. The van der Waals surface area contributed by atoms with Gasteiger partial charge in [-0.3, -0.25) is 0 Å². The minimum Gasteiger partial charge on any atom is -0.358 e. The number of aromatic nitrogens is 2. The SMILES string of the molecule is NS(=O)(=O)c1nc2sccn2c1[N+](=O)[O-]. The predicted octanol–water partition coefficient (Wildman–Crippen LogP) is -0.0486. The lowest BCUT2D eigenvalue weighted by Crippen LogP contribution is -2.14. The molecule has 0 aromatic carbocycles. The third-order valence-corrected chi connectivity index (χ3v) is 3.22. The number of primary sulfonamides is 1. The molecule has 2 aromatic heterocycles. The molecule has 2 aromatic rings. The van der Waals surface area contributed by atoms with Crippen LogP contribution in [0.4, 0.5) is 5.82 Å². The van der Waals surface area contributed by atoms with Crippen LogP contribution in [-0.4, -0.2) is 22.7 Å². The third kappa shape index (κ3) is 1.48. The normalized spacial score (nSPS) is 12.1. The molecule has 2 heterocycles. The fourth-order valence-corrected chi connectivity index (χ4v) is 2.52. The lowest BCUT2D eigenvalue weighted by molar-refractivity contribution is -0.393. The van der Waals surface area contributed by atoms with E-state index < -0.39 is 25.8 Å². The summed E-state index contributed by atoms with van der Waals surface area (Å²) >= 11 is 1.08. The zero-order chi connectivity index (χ0) is 11.2. The van der Waals surface area contributed by atoms with Crippen molar-refractivity contribution in [1.82, 2.24) is 9.38 Å². The second kappa shape index (κ2) is 2.98. The minimum absolute atomic E-state index is 0.214. The molecule has 0 amide bonds. The summed E-state index contributed by atoms with van der Waals surface area (Å²) in [6.45, 7) is 0. The molecule has 0 saturated carbocycles. The summed E-state index contributed by atoms with van der Waals surface area (Å²) in [4.78, 5) is 13.6. The van der Waals surface area contributed by atoms with Gasteiger partial charge in [0.05, 0.1) is 0 Å². The van der Waals surface area contributed by atoms with E-state index in [1.165, 1.54) is 6.20 Å². The van der Waals surface area contributed by atoms with Gasteiger partial charge in [-0.2, -0.15) is 9.38 Å². The molecule has 0 fully saturated rings. The van der Waals surface area contributed by atoms with Gasteiger partial charge in [-0.1, -0.05) is 11.3 Å². The summed E-state index contributed by atoms with van der Waals surface area (Å²) in [5, 5.41) is 16.3. The number of nitro groups is 1. The molecule has 8 nitrogen and oxygen atoms in total. The number of sulfonamides is 1. The second-order valence-corrected chi connectivity index (χ2v) is 4.95. The Kier molecular flexibility index (Phi) is 1.99. The smallest absolute Gasteiger partial charge is 0.358 e. The Bertz CT molecular complexity index is 639. The van der Waals surface area contributed by atoms with Gasteiger partial charge in [0.2, 0.25) is 0 Å². The van der Waals surface area contributed by atoms with Crippen LogP contribution in [0.15, 0.2) is 16.6 Å². The van der Waals surface area contributed by atoms with Gasteiger partial charge in [0.15, 0.2) is 0 Å². The van der Waals surface area contributed by atoms with Crippen LogP contribution in [-0.2, 0) is 10.0 Å². The topological polar surface area (TPSA) is 121 Å². The van der Waals surface area contributed by atoms with Crippen LogP contribution >= 0.6 is 11.3 Å². The van der Waals surface area contributed by atoms with Crippen LogP contribution in [0.5, 0.6) is 0 Å². The van der Waals surface area contributed by atoms with Crippen molar-refractivity contribution >= 4 is 32.1 Å². The molecule has 0 aliphatic heterocycles. The van der Waals surface area contributed by atoms with Crippen molar-refractivity contribution in [2.45, 2.75) is 5.03 Å². The van der Waals surface area contributed by atoms with E-state index in [1.54, 1.807) is 5.38 Å². The zero-order valence-electron chi connectivity index (χ0n) is 7.02. The predicted molar refractivity (Wildman–Crippen MR) is 51.1 cm³/mol. The van der Waals surface area contributed by atoms with Crippen molar-refractivity contribution in [2.24, 2.45) is 5.14 Å². The van der Waals surface area contributed by atoms with Gasteiger partial charge in [0.25, 0.3) is 20.0 Å². The monoisotopic (exact) mass is 248 g/mol. The summed E-state index contributed by atoms with van der Waals surface area (Å²) in [5.74, 6) is -0.631. The molecule has 0 atom stereocenters. The van der Waals surface area contributed by atoms with E-state index in [2.05, 4.69) is 4.98 Å². The Morgan fingerprint density at radius 1 is 1.60 bits per heavy atom. The number of thiazole rings is 1. The number of rotatable bonds is 2. The average molecular weight is 248 g/mol. The van der Waals surface area contributed by atoms with Gasteiger partial charge in [-0.05, 0) is 4.92 Å². The van der Waals surface area contributed by atoms with Gasteiger partial charge in [0.1, 0.15) is 6.20 Å². The van der Waals surface area contributed by atoms with Gasteiger partial charge in [-0.25, -0.2) is 13.6 Å². The molecular weight excluding hydrogens is 244 g/mol. The van der Waals surface area contributed by atoms with Crippen LogP contribution in [0, 0.1) is 10.1 Å². The van der Waals surface area contributed by atoms with E-state index in [1.807, 2.05) is 0 Å². The van der Waals surface area contributed by atoms with Crippen LogP contribution in [0.1, 0.15) is 0 Å². The largest absolute Gasteiger partial charge is 0.369 e. The first-order valence-electron chi connectivity index (χ1n) is 3.54. The number of imidazole rings is 1. The molecule has 0 radical (unpaired) electrons. The molecule has 0 saturated heterocycles. The highest BCUT2D eigenvalue weighted by molar-refractivity contribution is 7.89. The Morgan fingerprint density at radius 2 is 2.27 bits per heavy atom. The fraction of sp³-hybridized carbons (Fsp3) is 0. The number of nitrogens with zero attached hydrogens (tertiary/aromatic N) is 3. The Labute approximate surface area is 87.2 Å². The molecule has 0 unspecified atom stereocenters. The lowest BCUT2D eigenvalue weighted by atomic mass is 10.7. The van der Waals surface area contributed by atoms with Crippen molar-refractivity contribution in [1.29, 1.82) is 0 Å². The number of hydrogen-bond acceptors (Lipinski definition) is 6. The molecule has 80 valence electrons. The minimum atomic E-state index is -4.18. The summed E-state index contributed by atoms with van der Waals surface area (Å²) < 4.78 is 23.1. The molecule has 2 N–H and O–H groups in total. The van der Waals surface area contributed by atoms with Crippen LogP contribution < -0.4 is 5.14 Å². The summed E-state index contributed by atoms with van der Waals surface area (Å²) in [6, 6.07) is 0. The van der Waals surface area contributed by atoms with E-state index in [0.717, 1.165) is 15.7 Å². The summed E-state index contributed by atoms with van der Waals surface area (Å²) in [5.41, 5.74) is 0. The summed E-state index contributed by atoms with van der Waals surface area (Å²) in [6.07, 6.45) is 1.36. The zero-order valence-corrected chi connectivity index (χ0v) is 8.66. The molecule has 0 aliphatic carbocycles. The van der Waals surface area contributed by atoms with Crippen molar-refractivity contribution in [3.05, 3.63) is 21.7 Å². The maximum absolute atomic E-state index is 11.0. The van der Waals surface area contributed by atoms with E-state index in [9.17, 15) is 18.5 Å². The maximum Gasteiger partial charge on any atom is 0.369 e. The van der Waals surface area contributed by atoms with Crippen LogP contribution in [0.25, 0.3) is 4.96 Å². The molecule has 10 heteroatoms. The number of hydrogen-bond donors (Lipinski definition) is 1. The van der Waals surface area contributed by atoms with Crippen molar-refractivity contribution < 1.29 is 13.3 Å². The van der Waals surface area contributed by atoms with E-state index >= 15 is 0 Å². The highest BCUT2D eigenvalue weighted by Gasteiger charge is 2.30. The number of fused-ring (bicyclic) bond motifs is 1. The van der Waals surface area contributed by atoms with Crippen LogP contribution in [0.3, 0.4) is 0 Å². The maximum atomic E-state index is 11.0. The standard InChI is InChI=1S/C5H4N4O4S2/c6-15(12,13)3-4(9(10)11)8-1-2-14-5(8)7-3/h1-2H,(H2,6,12,13). The average Bonchev–Trinajstić information content (AvgIpc) is 2.56. The van der Waals surface area contributed by atoms with E-state index in [4.69, 9.17) is 5.14 Å². The third-order valence-electron chi connectivity index (χ3n) is 1.65. The van der Waals surface area contributed by atoms with E-state index in [0.29, 0.717) is 0 Å². The first-order chi connectivity index (χ1) is 6.91. The quantitative estimate of drug-likeness (QED) is 0.590. The molecule has 2 rings (SSSR count). The van der Waals surface area contributed by atoms with Gasteiger partial charge < -0.3 is 10.1 Å². The number of nitrogens with two attached hydrogens (primary N) is 1. The highest BCUT2D eigenvalue weighted by atomic mass is 32.2. The second-order valence-electron chi connectivity index (χ2n) is 2.60. The summed E-state index contributed by atoms with van der Waals surface area (Å²) in [7, 11) is -4.18. The Morgan fingerprint density at radius 3 is 2.80 bits per heavy atom. The first kappa shape index (κ1) is 10.0. The molecule has 15 heavy (non-hydrogen) atoms. The van der Waals surface area contributed by atoms with Crippen molar-refractivity contribution in [2.75, 3.05) is 0 Å². The van der Waals surface area contributed by atoms with Crippen molar-refractivity contribution in [3.63, 3.8) is 0 Å². The Hall–Kier alpha value is -1.52. The van der Waals surface area contributed by atoms with Crippen LogP contribution in [0.2, 0.25) is 0 Å². The molecular formula is C5H4N4O4S2. The Balaban J connectivity index is 2.91. The van der Waals surface area contributed by atoms with E-state index in [-0.39, 0.29) is 4.96 Å². The lowest BCUT2D eigenvalue weighted by Gasteiger charge is -1.94. The van der Waals surface area contributed by atoms with Gasteiger partial charge >= 0.3 is 5.82 Å². The van der Waals surface area contributed by atoms with Crippen molar-refractivity contribution in [3.8, 4) is 0 Å². The molecule has 0 bridgehead atoms. The van der Waals surface area contributed by atoms with Gasteiger partial charge in [0, 0.05) is 5.38 Å².